The summed E-state index contributed by atoms with van der Waals surface area (Å²) < 4.78 is 12.2. The third-order valence-corrected chi connectivity index (χ3v) is 6.76. The molecule has 0 saturated carbocycles. The number of fused-ring (bicyclic) bond motifs is 1. The first-order valence-electron chi connectivity index (χ1n) is 12.7. The van der Waals surface area contributed by atoms with E-state index in [4.69, 9.17) is 26.1 Å². The van der Waals surface area contributed by atoms with Crippen molar-refractivity contribution in [3.05, 3.63) is 45.8 Å². The van der Waals surface area contributed by atoms with Crippen LogP contribution >= 0.6 is 11.6 Å². The fraction of sp³-hybridized carbons (Fsp3) is 0.481. The van der Waals surface area contributed by atoms with E-state index in [0.29, 0.717) is 40.7 Å². The number of carbonyl (C=O) groups is 1. The van der Waals surface area contributed by atoms with Gasteiger partial charge in [0.25, 0.3) is 5.56 Å². The molecule has 204 valence electrons. The van der Waals surface area contributed by atoms with Crippen molar-refractivity contribution in [3.63, 3.8) is 0 Å². The molecule has 11 heteroatoms. The lowest BCUT2D eigenvalue weighted by Gasteiger charge is -2.35. The highest BCUT2D eigenvalue weighted by Crippen LogP contribution is 2.29. The summed E-state index contributed by atoms with van der Waals surface area (Å²) in [7, 11) is 5.44. The molecule has 1 aliphatic rings. The van der Waals surface area contributed by atoms with Crippen molar-refractivity contribution in [2.75, 3.05) is 57.2 Å². The summed E-state index contributed by atoms with van der Waals surface area (Å²) in [5, 5.41) is 4.44. The highest BCUT2D eigenvalue weighted by molar-refractivity contribution is 6.32. The maximum absolute atomic E-state index is 12.8. The molecular weight excluding hydrogens is 508 g/mol. The van der Waals surface area contributed by atoms with Gasteiger partial charge in [-0.25, -0.2) is 9.78 Å². The molecule has 0 aliphatic carbocycles. The van der Waals surface area contributed by atoms with Crippen molar-refractivity contribution >= 4 is 45.9 Å². The number of nitrogens with zero attached hydrogens (tertiary/aromatic N) is 5. The summed E-state index contributed by atoms with van der Waals surface area (Å²) in [6.45, 7) is 6.80. The average Bonchev–Trinajstić information content (AvgIpc) is 2.86. The maximum Gasteiger partial charge on any atom is 0.344 e. The fourth-order valence-electron chi connectivity index (χ4n) is 4.72. The summed E-state index contributed by atoms with van der Waals surface area (Å²) in [6, 6.07) is 7.19. The molecule has 0 spiro atoms. The van der Waals surface area contributed by atoms with Crippen LogP contribution in [0.1, 0.15) is 20.3 Å². The first-order valence-corrected chi connectivity index (χ1v) is 13.1. The standard InChI is InChI=1S/C27H35ClN6O4/c1-17-10-18(2)15-34(14-17)27-29-13-21(28)25(31-27)30-20-6-7-22-19(11-20)12-23(26(36)33(22)5)38-16-24(35)37-9-8-32(3)4/h6-7,11-13,17-18H,8-10,14-16H2,1-5H3,(H,29,30,31). The molecule has 38 heavy (non-hydrogen) atoms. The molecule has 2 unspecified atom stereocenters. The molecule has 1 N–H and O–H groups in total. The Hall–Kier alpha value is -3.37. The first-order chi connectivity index (χ1) is 18.1. The number of likely N-dealkylation sites (N-methyl/N-ethyl adjacent to an activating group) is 1. The number of rotatable bonds is 9. The van der Waals surface area contributed by atoms with Gasteiger partial charge in [-0.3, -0.25) is 4.79 Å². The number of anilines is 3. The summed E-state index contributed by atoms with van der Waals surface area (Å²) in [6.07, 6.45) is 2.81. The van der Waals surface area contributed by atoms with Crippen molar-refractivity contribution in [1.82, 2.24) is 19.4 Å². The zero-order valence-electron chi connectivity index (χ0n) is 22.5. The van der Waals surface area contributed by atoms with Gasteiger partial charge in [0, 0.05) is 37.8 Å². The van der Waals surface area contributed by atoms with E-state index in [1.807, 2.05) is 37.2 Å². The van der Waals surface area contributed by atoms with Crippen molar-refractivity contribution in [2.45, 2.75) is 20.3 Å². The average molecular weight is 543 g/mol. The SMILES string of the molecule is CC1CC(C)CN(c2ncc(Cl)c(Nc3ccc4c(c3)cc(OCC(=O)OCCN(C)C)c(=O)n4C)n2)C1. The molecular formula is C27H35ClN6O4. The van der Waals surface area contributed by atoms with Gasteiger partial charge >= 0.3 is 5.97 Å². The Kier molecular flexibility index (Phi) is 8.73. The van der Waals surface area contributed by atoms with E-state index in [2.05, 4.69) is 29.0 Å². The number of aryl methyl sites for hydroxylation is 1. The molecule has 10 nitrogen and oxygen atoms in total. The predicted molar refractivity (Wildman–Crippen MR) is 150 cm³/mol. The number of pyridine rings is 1. The molecule has 1 aromatic carbocycles. The van der Waals surface area contributed by atoms with E-state index in [9.17, 15) is 9.59 Å². The number of aromatic nitrogens is 3. The first kappa shape index (κ1) is 27.7. The Labute approximate surface area is 227 Å². The highest BCUT2D eigenvalue weighted by Gasteiger charge is 2.24. The molecule has 3 aromatic rings. The fourth-order valence-corrected chi connectivity index (χ4v) is 4.85. The molecule has 0 bridgehead atoms. The lowest BCUT2D eigenvalue weighted by atomic mass is 9.92. The van der Waals surface area contributed by atoms with Crippen molar-refractivity contribution in [3.8, 4) is 5.75 Å². The van der Waals surface area contributed by atoms with Crippen LogP contribution in [0.15, 0.2) is 35.3 Å². The van der Waals surface area contributed by atoms with Gasteiger partial charge in [0.1, 0.15) is 11.6 Å². The Morgan fingerprint density at radius 2 is 1.95 bits per heavy atom. The van der Waals surface area contributed by atoms with Gasteiger partial charge < -0.3 is 29.2 Å². The summed E-state index contributed by atoms with van der Waals surface area (Å²) in [5.41, 5.74) is 1.11. The lowest BCUT2D eigenvalue weighted by molar-refractivity contribution is -0.146. The number of nitrogens with one attached hydrogen (secondary N) is 1. The minimum Gasteiger partial charge on any atom is -0.476 e. The van der Waals surface area contributed by atoms with Gasteiger partial charge in [-0.1, -0.05) is 25.4 Å². The summed E-state index contributed by atoms with van der Waals surface area (Å²) >= 11 is 6.44. The third-order valence-electron chi connectivity index (χ3n) is 6.48. The second kappa shape index (κ2) is 12.0. The Balaban J connectivity index is 1.52. The van der Waals surface area contributed by atoms with Crippen molar-refractivity contribution < 1.29 is 14.3 Å². The van der Waals surface area contributed by atoms with Gasteiger partial charge in [-0.05, 0) is 56.6 Å². The second-order valence-corrected chi connectivity index (χ2v) is 10.7. The van der Waals surface area contributed by atoms with Gasteiger partial charge in [0.15, 0.2) is 18.2 Å². The topological polar surface area (TPSA) is 102 Å². The molecule has 2 atom stereocenters. The Bertz CT molecular complexity index is 1350. The summed E-state index contributed by atoms with van der Waals surface area (Å²) in [5.74, 6) is 1.82. The number of hydrogen-bond donors (Lipinski definition) is 1. The van der Waals surface area contributed by atoms with Crippen LogP contribution in [0.5, 0.6) is 5.75 Å². The van der Waals surface area contributed by atoms with Crippen molar-refractivity contribution in [2.24, 2.45) is 18.9 Å². The van der Waals surface area contributed by atoms with Crippen LogP contribution in [-0.2, 0) is 16.6 Å². The van der Waals surface area contributed by atoms with Crippen LogP contribution in [0.25, 0.3) is 10.9 Å². The third kappa shape index (κ3) is 6.73. The van der Waals surface area contributed by atoms with Crippen LogP contribution < -0.4 is 20.5 Å². The Morgan fingerprint density at radius 3 is 2.66 bits per heavy atom. The van der Waals surface area contributed by atoms with Crippen LogP contribution in [0, 0.1) is 11.8 Å². The molecule has 4 rings (SSSR count). The number of ether oxygens (including phenoxy) is 2. The van der Waals surface area contributed by atoms with E-state index >= 15 is 0 Å². The molecule has 0 amide bonds. The number of piperidine rings is 1. The second-order valence-electron chi connectivity index (χ2n) is 10.3. The Morgan fingerprint density at radius 1 is 1.21 bits per heavy atom. The van der Waals surface area contributed by atoms with Gasteiger partial charge in [-0.15, -0.1) is 0 Å². The zero-order valence-corrected chi connectivity index (χ0v) is 23.3. The number of carbonyl (C=O) groups excluding carboxylic acids is 1. The summed E-state index contributed by atoms with van der Waals surface area (Å²) in [4.78, 5) is 38.1. The van der Waals surface area contributed by atoms with E-state index in [-0.39, 0.29) is 24.5 Å². The predicted octanol–water partition coefficient (Wildman–Crippen LogP) is 3.69. The monoisotopic (exact) mass is 542 g/mol. The van der Waals surface area contributed by atoms with Gasteiger partial charge in [0.05, 0.1) is 11.7 Å². The smallest absolute Gasteiger partial charge is 0.344 e. The number of halogens is 1. The number of esters is 1. The van der Waals surface area contributed by atoms with E-state index in [1.165, 1.54) is 11.0 Å². The zero-order chi connectivity index (χ0) is 27.4. The van der Waals surface area contributed by atoms with E-state index in [0.717, 1.165) is 24.2 Å². The van der Waals surface area contributed by atoms with Crippen LogP contribution in [0.2, 0.25) is 5.02 Å². The quantitative estimate of drug-likeness (QED) is 0.405. The van der Waals surface area contributed by atoms with E-state index < -0.39 is 5.97 Å². The minimum atomic E-state index is -0.531. The maximum atomic E-state index is 12.8. The van der Waals surface area contributed by atoms with Crippen LogP contribution in [0.4, 0.5) is 17.5 Å². The normalized spacial score (nSPS) is 17.6. The largest absolute Gasteiger partial charge is 0.476 e. The lowest BCUT2D eigenvalue weighted by Crippen LogP contribution is -2.39. The van der Waals surface area contributed by atoms with Crippen LogP contribution in [0.3, 0.4) is 0 Å². The van der Waals surface area contributed by atoms with Gasteiger partial charge in [0.2, 0.25) is 5.95 Å². The van der Waals surface area contributed by atoms with Gasteiger partial charge in [-0.2, -0.15) is 4.98 Å². The van der Waals surface area contributed by atoms with Crippen molar-refractivity contribution in [1.29, 1.82) is 0 Å². The molecule has 0 radical (unpaired) electrons. The highest BCUT2D eigenvalue weighted by atomic mass is 35.5. The molecule has 1 saturated heterocycles. The molecule has 1 fully saturated rings. The molecule has 2 aromatic heterocycles. The number of hydrogen-bond acceptors (Lipinski definition) is 9. The van der Waals surface area contributed by atoms with Crippen LogP contribution in [-0.4, -0.2) is 72.3 Å². The minimum absolute atomic E-state index is 0.0670. The number of benzene rings is 1. The van der Waals surface area contributed by atoms with E-state index in [1.54, 1.807) is 19.3 Å². The molecule has 3 heterocycles. The molecule has 1 aliphatic heterocycles.